The van der Waals surface area contributed by atoms with Gasteiger partial charge in [0, 0.05) is 56.3 Å². The number of thiazole rings is 1. The SMILES string of the molecule is CCn1ccc(C(=O)N2CCC[C@@H](CC(=O)NCCc3ncc(C)s3)C2)n1. The number of piperidine rings is 1. The number of aryl methyl sites for hydroxylation is 2. The molecule has 0 bridgehead atoms. The number of aromatic nitrogens is 3. The van der Waals surface area contributed by atoms with E-state index in [1.165, 1.54) is 4.88 Å². The molecule has 1 saturated heterocycles. The molecular weight excluding hydrogens is 362 g/mol. The summed E-state index contributed by atoms with van der Waals surface area (Å²) >= 11 is 1.67. The normalized spacial score (nSPS) is 17.1. The maximum absolute atomic E-state index is 12.6. The molecule has 0 spiro atoms. The van der Waals surface area contributed by atoms with Crippen molar-refractivity contribution in [2.24, 2.45) is 5.92 Å². The first kappa shape index (κ1) is 19.5. The van der Waals surface area contributed by atoms with E-state index in [9.17, 15) is 9.59 Å². The lowest BCUT2D eigenvalue weighted by Crippen LogP contribution is -2.41. The lowest BCUT2D eigenvalue weighted by atomic mass is 9.94. The van der Waals surface area contributed by atoms with Crippen LogP contribution in [0.4, 0.5) is 0 Å². The summed E-state index contributed by atoms with van der Waals surface area (Å²) < 4.78 is 1.76. The molecular formula is C19H27N5O2S. The molecule has 2 aromatic rings. The Balaban J connectivity index is 1.44. The van der Waals surface area contributed by atoms with E-state index in [1.807, 2.05) is 31.1 Å². The molecule has 1 atom stereocenters. The summed E-state index contributed by atoms with van der Waals surface area (Å²) in [4.78, 5) is 32.2. The summed E-state index contributed by atoms with van der Waals surface area (Å²) in [6.45, 7) is 6.73. The highest BCUT2D eigenvalue weighted by molar-refractivity contribution is 7.11. The van der Waals surface area contributed by atoms with Gasteiger partial charge >= 0.3 is 0 Å². The van der Waals surface area contributed by atoms with Crippen molar-refractivity contribution in [1.29, 1.82) is 0 Å². The van der Waals surface area contributed by atoms with Gasteiger partial charge < -0.3 is 10.2 Å². The van der Waals surface area contributed by atoms with E-state index in [0.717, 1.165) is 37.4 Å². The number of hydrogen-bond acceptors (Lipinski definition) is 5. The number of rotatable bonds is 7. The molecule has 0 aliphatic carbocycles. The second-order valence-electron chi connectivity index (χ2n) is 6.98. The maximum Gasteiger partial charge on any atom is 0.274 e. The zero-order valence-corrected chi connectivity index (χ0v) is 16.8. The minimum absolute atomic E-state index is 0.0357. The highest BCUT2D eigenvalue weighted by Gasteiger charge is 2.27. The number of amides is 2. The molecule has 1 fully saturated rings. The standard InChI is InChI=1S/C19H27N5O2S/c1-3-24-10-7-16(22-24)19(26)23-9-4-5-15(13-23)11-17(25)20-8-6-18-21-12-14(2)27-18/h7,10,12,15H,3-6,8-9,11,13H2,1-2H3,(H,20,25)/t15-/m0/s1. The van der Waals surface area contributed by atoms with E-state index >= 15 is 0 Å². The van der Waals surface area contributed by atoms with Gasteiger partial charge in [-0.3, -0.25) is 14.3 Å². The molecule has 2 amide bonds. The lowest BCUT2D eigenvalue weighted by molar-refractivity contribution is -0.122. The van der Waals surface area contributed by atoms with Crippen molar-refractivity contribution in [3.8, 4) is 0 Å². The number of carbonyl (C=O) groups is 2. The minimum Gasteiger partial charge on any atom is -0.356 e. The molecule has 1 aliphatic heterocycles. The van der Waals surface area contributed by atoms with Crippen LogP contribution in [0.15, 0.2) is 18.5 Å². The van der Waals surface area contributed by atoms with Crippen LogP contribution in [0, 0.1) is 12.8 Å². The highest BCUT2D eigenvalue weighted by atomic mass is 32.1. The minimum atomic E-state index is -0.0357. The number of nitrogens with zero attached hydrogens (tertiary/aromatic N) is 4. The Morgan fingerprint density at radius 1 is 1.41 bits per heavy atom. The van der Waals surface area contributed by atoms with E-state index in [2.05, 4.69) is 15.4 Å². The zero-order valence-electron chi connectivity index (χ0n) is 16.0. The fraction of sp³-hybridized carbons (Fsp3) is 0.579. The average Bonchev–Trinajstić information content (AvgIpc) is 3.30. The first-order valence-corrected chi connectivity index (χ1v) is 10.4. The summed E-state index contributed by atoms with van der Waals surface area (Å²) in [6.07, 6.45) is 6.82. The summed E-state index contributed by atoms with van der Waals surface area (Å²) in [5.41, 5.74) is 0.487. The van der Waals surface area contributed by atoms with Gasteiger partial charge in [-0.15, -0.1) is 11.3 Å². The molecule has 1 N–H and O–H groups in total. The van der Waals surface area contributed by atoms with Crippen LogP contribution in [0.3, 0.4) is 0 Å². The van der Waals surface area contributed by atoms with Crippen molar-refractivity contribution in [3.05, 3.63) is 34.0 Å². The Kier molecular flexibility index (Phi) is 6.60. The molecule has 7 nitrogen and oxygen atoms in total. The van der Waals surface area contributed by atoms with Crippen LogP contribution in [0.5, 0.6) is 0 Å². The monoisotopic (exact) mass is 389 g/mol. The van der Waals surface area contributed by atoms with Gasteiger partial charge in [-0.05, 0) is 38.7 Å². The quantitative estimate of drug-likeness (QED) is 0.788. The van der Waals surface area contributed by atoms with Crippen LogP contribution < -0.4 is 5.32 Å². The zero-order chi connectivity index (χ0) is 19.2. The lowest BCUT2D eigenvalue weighted by Gasteiger charge is -2.32. The molecule has 0 saturated carbocycles. The Bertz CT molecular complexity index is 785. The van der Waals surface area contributed by atoms with Crippen LogP contribution in [-0.2, 0) is 17.8 Å². The third-order valence-corrected chi connectivity index (χ3v) is 5.77. The fourth-order valence-corrected chi connectivity index (χ4v) is 4.18. The predicted molar refractivity (Wildman–Crippen MR) is 105 cm³/mol. The Morgan fingerprint density at radius 2 is 2.26 bits per heavy atom. The van der Waals surface area contributed by atoms with E-state index in [1.54, 1.807) is 22.1 Å². The van der Waals surface area contributed by atoms with Gasteiger partial charge in [0.05, 0.1) is 5.01 Å². The number of carbonyl (C=O) groups excluding carboxylic acids is 2. The Labute approximate surface area is 163 Å². The second kappa shape index (κ2) is 9.12. The van der Waals surface area contributed by atoms with Crippen molar-refractivity contribution >= 4 is 23.2 Å². The third kappa shape index (κ3) is 5.38. The third-order valence-electron chi connectivity index (χ3n) is 4.79. The van der Waals surface area contributed by atoms with Crippen molar-refractivity contribution in [2.45, 2.75) is 46.1 Å². The van der Waals surface area contributed by atoms with Crippen LogP contribution in [-0.4, -0.2) is 51.1 Å². The summed E-state index contributed by atoms with van der Waals surface area (Å²) in [5, 5.41) is 8.33. The van der Waals surface area contributed by atoms with Gasteiger partial charge in [0.2, 0.25) is 5.91 Å². The molecule has 0 aromatic carbocycles. The topological polar surface area (TPSA) is 80.1 Å². The van der Waals surface area contributed by atoms with E-state index in [0.29, 0.717) is 25.2 Å². The van der Waals surface area contributed by atoms with E-state index in [-0.39, 0.29) is 17.7 Å². The van der Waals surface area contributed by atoms with E-state index < -0.39 is 0 Å². The smallest absolute Gasteiger partial charge is 0.274 e. The maximum atomic E-state index is 12.6. The molecule has 0 unspecified atom stereocenters. The number of hydrogen-bond donors (Lipinski definition) is 1. The summed E-state index contributed by atoms with van der Waals surface area (Å²) in [5.74, 6) is 0.224. The predicted octanol–water partition coefficient (Wildman–Crippen LogP) is 2.27. The molecule has 3 rings (SSSR count). The van der Waals surface area contributed by atoms with Crippen LogP contribution >= 0.6 is 11.3 Å². The second-order valence-corrected chi connectivity index (χ2v) is 8.30. The fourth-order valence-electron chi connectivity index (χ4n) is 3.39. The molecule has 1 aliphatic rings. The van der Waals surface area contributed by atoms with Crippen LogP contribution in [0.1, 0.15) is 46.6 Å². The Morgan fingerprint density at radius 3 is 2.96 bits per heavy atom. The largest absolute Gasteiger partial charge is 0.356 e. The number of likely N-dealkylation sites (tertiary alicyclic amines) is 1. The first-order valence-electron chi connectivity index (χ1n) is 9.56. The summed E-state index contributed by atoms with van der Waals surface area (Å²) in [6, 6.07) is 1.77. The van der Waals surface area contributed by atoms with Crippen LogP contribution in [0.25, 0.3) is 0 Å². The number of nitrogens with one attached hydrogen (secondary N) is 1. The molecule has 2 aromatic heterocycles. The van der Waals surface area contributed by atoms with Crippen molar-refractivity contribution in [3.63, 3.8) is 0 Å². The van der Waals surface area contributed by atoms with Gasteiger partial charge in [-0.2, -0.15) is 5.10 Å². The molecule has 0 radical (unpaired) electrons. The van der Waals surface area contributed by atoms with E-state index in [4.69, 9.17) is 0 Å². The molecule has 27 heavy (non-hydrogen) atoms. The molecule has 3 heterocycles. The average molecular weight is 390 g/mol. The summed E-state index contributed by atoms with van der Waals surface area (Å²) in [7, 11) is 0. The van der Waals surface area contributed by atoms with Crippen LogP contribution in [0.2, 0.25) is 0 Å². The highest BCUT2D eigenvalue weighted by Crippen LogP contribution is 2.21. The van der Waals surface area contributed by atoms with Gasteiger partial charge in [-0.1, -0.05) is 0 Å². The van der Waals surface area contributed by atoms with Gasteiger partial charge in [0.1, 0.15) is 5.69 Å². The first-order chi connectivity index (χ1) is 13.0. The van der Waals surface area contributed by atoms with Gasteiger partial charge in [0.15, 0.2) is 0 Å². The molecule has 146 valence electrons. The van der Waals surface area contributed by atoms with Crippen molar-refractivity contribution in [1.82, 2.24) is 25.0 Å². The molecule has 8 heteroatoms. The van der Waals surface area contributed by atoms with Crippen molar-refractivity contribution < 1.29 is 9.59 Å². The van der Waals surface area contributed by atoms with Gasteiger partial charge in [-0.25, -0.2) is 4.98 Å². The van der Waals surface area contributed by atoms with Crippen molar-refractivity contribution in [2.75, 3.05) is 19.6 Å². The van der Waals surface area contributed by atoms with Gasteiger partial charge in [0.25, 0.3) is 5.91 Å². The Hall–Kier alpha value is -2.22.